The van der Waals surface area contributed by atoms with Crippen molar-refractivity contribution in [1.29, 1.82) is 0 Å². The number of hydrogen-bond donors (Lipinski definition) is 1. The van der Waals surface area contributed by atoms with Crippen LogP contribution in [0.3, 0.4) is 0 Å². The van der Waals surface area contributed by atoms with Gasteiger partial charge in [-0.05, 0) is 41.8 Å². The average molecular weight is 343 g/mol. The first-order valence-electron chi connectivity index (χ1n) is 8.31. The van der Waals surface area contributed by atoms with Crippen molar-refractivity contribution in [2.45, 2.75) is 19.4 Å². The summed E-state index contributed by atoms with van der Waals surface area (Å²) in [6.07, 6.45) is 1.13. The Morgan fingerprint density at radius 3 is 2.44 bits per heavy atom. The van der Waals surface area contributed by atoms with E-state index in [4.69, 9.17) is 14.2 Å². The van der Waals surface area contributed by atoms with Gasteiger partial charge in [0.1, 0.15) is 18.1 Å². The van der Waals surface area contributed by atoms with Crippen LogP contribution in [0.2, 0.25) is 0 Å². The smallest absolute Gasteiger partial charge is 0.220 e. The number of amides is 1. The van der Waals surface area contributed by atoms with Gasteiger partial charge in [-0.3, -0.25) is 4.79 Å². The second-order valence-corrected chi connectivity index (χ2v) is 5.62. The fraction of sp³-hybridized carbons (Fsp3) is 0.350. The molecule has 0 spiro atoms. The molecule has 0 radical (unpaired) electrons. The van der Waals surface area contributed by atoms with Crippen LogP contribution in [-0.2, 0) is 22.5 Å². The number of nitrogens with one attached hydrogen (secondary N) is 1. The van der Waals surface area contributed by atoms with Gasteiger partial charge in [-0.2, -0.15) is 0 Å². The Labute approximate surface area is 148 Å². The van der Waals surface area contributed by atoms with Crippen LogP contribution in [-0.4, -0.2) is 33.3 Å². The Hall–Kier alpha value is -2.53. The lowest BCUT2D eigenvalue weighted by molar-refractivity contribution is -0.121. The maximum atomic E-state index is 12.0. The molecule has 0 heterocycles. The molecule has 2 aromatic rings. The molecular weight excluding hydrogens is 318 g/mol. The third kappa shape index (κ3) is 6.85. The average Bonchev–Trinajstić information content (AvgIpc) is 2.65. The minimum Gasteiger partial charge on any atom is -0.497 e. The van der Waals surface area contributed by atoms with Crippen LogP contribution in [0.15, 0.2) is 48.5 Å². The molecule has 1 N–H and O–H groups in total. The third-order valence-electron chi connectivity index (χ3n) is 3.72. The highest BCUT2D eigenvalue weighted by Gasteiger charge is 2.04. The van der Waals surface area contributed by atoms with Crippen molar-refractivity contribution < 1.29 is 19.0 Å². The molecule has 1 amide bonds. The quantitative estimate of drug-likeness (QED) is 0.674. The molecule has 0 aliphatic heterocycles. The summed E-state index contributed by atoms with van der Waals surface area (Å²) in [4.78, 5) is 12.0. The van der Waals surface area contributed by atoms with Gasteiger partial charge in [-0.1, -0.05) is 24.3 Å². The first-order valence-corrected chi connectivity index (χ1v) is 8.31. The molecule has 2 rings (SSSR count). The molecule has 0 atom stereocenters. The maximum Gasteiger partial charge on any atom is 0.220 e. The minimum atomic E-state index is 0.0218. The Bertz CT molecular complexity index is 672. The number of ether oxygens (including phenoxy) is 3. The van der Waals surface area contributed by atoms with E-state index in [1.54, 1.807) is 14.2 Å². The van der Waals surface area contributed by atoms with Crippen molar-refractivity contribution in [2.24, 2.45) is 0 Å². The van der Waals surface area contributed by atoms with Crippen LogP contribution >= 0.6 is 0 Å². The lowest BCUT2D eigenvalue weighted by atomic mass is 10.1. The summed E-state index contributed by atoms with van der Waals surface area (Å²) in [5.74, 6) is 1.61. The van der Waals surface area contributed by atoms with Gasteiger partial charge in [-0.25, -0.2) is 0 Å². The molecule has 0 aliphatic carbocycles. The van der Waals surface area contributed by atoms with Crippen molar-refractivity contribution >= 4 is 5.91 Å². The standard InChI is InChI=1S/C20H25NO4/c1-23-11-12-25-19-8-4-6-17(14-19)15-21-20(22)10-9-16-5-3-7-18(13-16)24-2/h3-8,13-14H,9-12,15H2,1-2H3,(H,21,22). The lowest BCUT2D eigenvalue weighted by Crippen LogP contribution is -2.23. The Kier molecular flexibility index (Phi) is 7.79. The summed E-state index contributed by atoms with van der Waals surface area (Å²) < 4.78 is 15.7. The minimum absolute atomic E-state index is 0.0218. The van der Waals surface area contributed by atoms with E-state index < -0.39 is 0 Å². The Morgan fingerprint density at radius 2 is 1.68 bits per heavy atom. The Balaban J connectivity index is 1.76. The summed E-state index contributed by atoms with van der Waals surface area (Å²) >= 11 is 0. The lowest BCUT2D eigenvalue weighted by Gasteiger charge is -2.09. The second kappa shape index (κ2) is 10.4. The highest BCUT2D eigenvalue weighted by Crippen LogP contribution is 2.15. The summed E-state index contributed by atoms with van der Waals surface area (Å²) in [6, 6.07) is 15.5. The fourth-order valence-electron chi connectivity index (χ4n) is 2.36. The van der Waals surface area contributed by atoms with Crippen LogP contribution < -0.4 is 14.8 Å². The SMILES string of the molecule is COCCOc1cccc(CNC(=O)CCc2cccc(OC)c2)c1. The predicted molar refractivity (Wildman–Crippen MR) is 97.0 cm³/mol. The summed E-state index contributed by atoms with van der Waals surface area (Å²) in [7, 11) is 3.28. The molecule has 0 saturated carbocycles. The third-order valence-corrected chi connectivity index (χ3v) is 3.72. The number of methoxy groups -OCH3 is 2. The zero-order valence-corrected chi connectivity index (χ0v) is 14.8. The van der Waals surface area contributed by atoms with Crippen molar-refractivity contribution in [3.8, 4) is 11.5 Å². The van der Waals surface area contributed by atoms with Gasteiger partial charge in [-0.15, -0.1) is 0 Å². The molecule has 0 saturated heterocycles. The maximum absolute atomic E-state index is 12.0. The number of carbonyl (C=O) groups excluding carboxylic acids is 1. The molecule has 0 bridgehead atoms. The summed E-state index contributed by atoms with van der Waals surface area (Å²) in [6.45, 7) is 1.54. The van der Waals surface area contributed by atoms with E-state index in [0.717, 1.165) is 22.6 Å². The van der Waals surface area contributed by atoms with E-state index in [1.807, 2.05) is 48.5 Å². The monoisotopic (exact) mass is 343 g/mol. The van der Waals surface area contributed by atoms with E-state index >= 15 is 0 Å². The van der Waals surface area contributed by atoms with Crippen LogP contribution in [0.1, 0.15) is 17.5 Å². The van der Waals surface area contributed by atoms with Gasteiger partial charge in [0.2, 0.25) is 5.91 Å². The zero-order valence-electron chi connectivity index (χ0n) is 14.8. The molecule has 0 fully saturated rings. The predicted octanol–water partition coefficient (Wildman–Crippen LogP) is 2.97. The fourth-order valence-corrected chi connectivity index (χ4v) is 2.36. The van der Waals surface area contributed by atoms with E-state index in [9.17, 15) is 4.79 Å². The van der Waals surface area contributed by atoms with Crippen LogP contribution in [0, 0.1) is 0 Å². The molecule has 134 valence electrons. The number of aryl methyl sites for hydroxylation is 1. The first-order chi connectivity index (χ1) is 12.2. The number of hydrogen-bond acceptors (Lipinski definition) is 4. The zero-order chi connectivity index (χ0) is 17.9. The molecule has 5 heteroatoms. The molecule has 25 heavy (non-hydrogen) atoms. The highest BCUT2D eigenvalue weighted by molar-refractivity contribution is 5.76. The van der Waals surface area contributed by atoms with E-state index in [0.29, 0.717) is 32.6 Å². The first kappa shape index (κ1) is 18.8. The van der Waals surface area contributed by atoms with E-state index in [-0.39, 0.29) is 5.91 Å². The van der Waals surface area contributed by atoms with Gasteiger partial charge in [0, 0.05) is 20.1 Å². The van der Waals surface area contributed by atoms with Gasteiger partial charge in [0.15, 0.2) is 0 Å². The topological polar surface area (TPSA) is 56.8 Å². The van der Waals surface area contributed by atoms with Crippen molar-refractivity contribution in [1.82, 2.24) is 5.32 Å². The number of carbonyl (C=O) groups is 1. The molecule has 0 unspecified atom stereocenters. The van der Waals surface area contributed by atoms with E-state index in [1.165, 1.54) is 0 Å². The number of rotatable bonds is 10. The molecular formula is C20H25NO4. The van der Waals surface area contributed by atoms with Gasteiger partial charge in [0.05, 0.1) is 13.7 Å². The molecule has 0 aliphatic rings. The number of benzene rings is 2. The molecule has 0 aromatic heterocycles. The molecule has 5 nitrogen and oxygen atoms in total. The van der Waals surface area contributed by atoms with Crippen LogP contribution in [0.4, 0.5) is 0 Å². The van der Waals surface area contributed by atoms with E-state index in [2.05, 4.69) is 5.32 Å². The Morgan fingerprint density at radius 1 is 0.960 bits per heavy atom. The van der Waals surface area contributed by atoms with Crippen LogP contribution in [0.5, 0.6) is 11.5 Å². The van der Waals surface area contributed by atoms with Gasteiger partial charge >= 0.3 is 0 Å². The second-order valence-electron chi connectivity index (χ2n) is 5.62. The largest absolute Gasteiger partial charge is 0.497 e. The van der Waals surface area contributed by atoms with Crippen molar-refractivity contribution in [3.05, 3.63) is 59.7 Å². The van der Waals surface area contributed by atoms with Gasteiger partial charge in [0.25, 0.3) is 0 Å². The summed E-state index contributed by atoms with van der Waals surface area (Å²) in [5, 5.41) is 2.94. The van der Waals surface area contributed by atoms with Crippen molar-refractivity contribution in [2.75, 3.05) is 27.4 Å². The van der Waals surface area contributed by atoms with Gasteiger partial charge < -0.3 is 19.5 Å². The van der Waals surface area contributed by atoms with Crippen molar-refractivity contribution in [3.63, 3.8) is 0 Å². The normalized spacial score (nSPS) is 10.3. The summed E-state index contributed by atoms with van der Waals surface area (Å²) in [5.41, 5.74) is 2.09. The van der Waals surface area contributed by atoms with Crippen LogP contribution in [0.25, 0.3) is 0 Å². The highest BCUT2D eigenvalue weighted by atomic mass is 16.5. The molecule has 2 aromatic carbocycles.